The van der Waals surface area contributed by atoms with Gasteiger partial charge in [-0.1, -0.05) is 97.4 Å². The van der Waals surface area contributed by atoms with E-state index in [0.717, 1.165) is 60.0 Å². The van der Waals surface area contributed by atoms with E-state index in [1.807, 2.05) is 48.5 Å². The molecule has 1 unspecified atom stereocenters. The summed E-state index contributed by atoms with van der Waals surface area (Å²) in [5, 5.41) is 3.16. The number of nitrogens with zero attached hydrogens (tertiary/aromatic N) is 4. The molecule has 5 rings (SSSR count). The van der Waals surface area contributed by atoms with Crippen molar-refractivity contribution in [3.05, 3.63) is 120 Å². The highest BCUT2D eigenvalue weighted by Crippen LogP contribution is 2.40. The fourth-order valence-corrected chi connectivity index (χ4v) is 5.62. The van der Waals surface area contributed by atoms with Gasteiger partial charge >= 0.3 is 0 Å². The molecule has 0 radical (unpaired) electrons. The van der Waals surface area contributed by atoms with Gasteiger partial charge < -0.3 is 20.0 Å². The Kier molecular flexibility index (Phi) is 13.9. The molecule has 0 fully saturated rings. The number of aliphatic imine (C=N–C) groups is 1. The number of guanidine groups is 1. The number of para-hydroxylation sites is 1. The van der Waals surface area contributed by atoms with Crippen molar-refractivity contribution in [3.63, 3.8) is 0 Å². The van der Waals surface area contributed by atoms with Gasteiger partial charge in [0.05, 0.1) is 18.2 Å². The Hall–Kier alpha value is -3.84. The Morgan fingerprint density at radius 2 is 1.33 bits per heavy atom. The summed E-state index contributed by atoms with van der Waals surface area (Å²) in [6.45, 7) is 2.49. The van der Waals surface area contributed by atoms with Gasteiger partial charge in [0.25, 0.3) is 0 Å². The Morgan fingerprint density at radius 3 is 2.02 bits per heavy atom. The predicted molar refractivity (Wildman–Crippen MR) is 193 cm³/mol. The molecule has 0 aromatic heterocycles. The zero-order valence-corrected chi connectivity index (χ0v) is 28.1. The molecule has 0 aliphatic carbocycles. The average Bonchev–Trinajstić information content (AvgIpc) is 3.04. The molecule has 8 heteroatoms. The molecule has 0 saturated heterocycles. The van der Waals surface area contributed by atoms with Crippen LogP contribution in [0.3, 0.4) is 0 Å². The molecule has 4 aromatic carbocycles. The molecular weight excluding hydrogens is 601 g/mol. The number of halogens is 2. The Labute approximate surface area is 281 Å². The zero-order chi connectivity index (χ0) is 30.0. The number of anilines is 1. The summed E-state index contributed by atoms with van der Waals surface area (Å²) in [5.41, 5.74) is 6.44. The van der Waals surface area contributed by atoms with Gasteiger partial charge in [-0.25, -0.2) is 4.99 Å². The smallest absolute Gasteiger partial charge is 0.222 e. The lowest BCUT2D eigenvalue weighted by molar-refractivity contribution is -0.121. The molecule has 1 aliphatic rings. The van der Waals surface area contributed by atoms with Crippen LogP contribution in [0.15, 0.2) is 114 Å². The van der Waals surface area contributed by atoms with Gasteiger partial charge in [0.1, 0.15) is 0 Å². The van der Waals surface area contributed by atoms with Gasteiger partial charge in [-0.05, 0) is 68.4 Å². The van der Waals surface area contributed by atoms with Crippen LogP contribution in [0, 0.1) is 0 Å². The second-order valence-electron chi connectivity index (χ2n) is 11.5. The van der Waals surface area contributed by atoms with E-state index in [1.165, 1.54) is 12.0 Å². The minimum Gasteiger partial charge on any atom is -0.352 e. The van der Waals surface area contributed by atoms with Gasteiger partial charge in [0, 0.05) is 31.4 Å². The second-order valence-corrected chi connectivity index (χ2v) is 11.5. The number of hydrogen-bond acceptors (Lipinski definition) is 5. The van der Waals surface area contributed by atoms with Crippen LogP contribution in [-0.4, -0.2) is 55.9 Å². The van der Waals surface area contributed by atoms with E-state index in [0.29, 0.717) is 13.0 Å². The third kappa shape index (κ3) is 9.57. The fourth-order valence-electron chi connectivity index (χ4n) is 5.62. The van der Waals surface area contributed by atoms with Crippen LogP contribution in [0.1, 0.15) is 42.9 Å². The zero-order valence-electron chi connectivity index (χ0n) is 26.4. The molecular formula is C37H45Cl2N5O. The third-order valence-corrected chi connectivity index (χ3v) is 7.95. The quantitative estimate of drug-likeness (QED) is 0.158. The topological polar surface area (TPSA) is 51.2 Å². The number of rotatable bonds is 12. The monoisotopic (exact) mass is 645 g/mol. The summed E-state index contributed by atoms with van der Waals surface area (Å²) in [4.78, 5) is 25.4. The number of amides is 1. The first kappa shape index (κ1) is 35.6. The van der Waals surface area contributed by atoms with Crippen LogP contribution in [0.5, 0.6) is 0 Å². The molecule has 1 aliphatic heterocycles. The van der Waals surface area contributed by atoms with E-state index >= 15 is 0 Å². The number of fused-ring (bicyclic) bond motifs is 1. The summed E-state index contributed by atoms with van der Waals surface area (Å²) >= 11 is 0. The number of hydrogen-bond donors (Lipinski definition) is 1. The summed E-state index contributed by atoms with van der Waals surface area (Å²) in [7, 11) is 6.37. The first-order chi connectivity index (χ1) is 21.0. The highest BCUT2D eigenvalue weighted by atomic mass is 35.5. The van der Waals surface area contributed by atoms with E-state index in [9.17, 15) is 4.79 Å². The number of unbranched alkanes of at least 4 members (excludes halogenated alkanes) is 2. The van der Waals surface area contributed by atoms with Crippen molar-refractivity contribution in [3.8, 4) is 11.1 Å². The molecule has 4 aromatic rings. The lowest BCUT2D eigenvalue weighted by atomic mass is 9.96. The van der Waals surface area contributed by atoms with Crippen LogP contribution in [-0.2, 0) is 11.3 Å². The highest BCUT2D eigenvalue weighted by Gasteiger charge is 2.34. The van der Waals surface area contributed by atoms with Crippen LogP contribution in [0.4, 0.5) is 11.4 Å². The summed E-state index contributed by atoms with van der Waals surface area (Å²) < 4.78 is 0. The molecule has 1 amide bonds. The molecule has 1 atom stereocenters. The standard InChI is InChI=1S/C37H43N5O.2ClH/c1-40(2)25-13-6-14-26-41(3)37-39-34-20-12-11-19-33(34)35(27-36(43)38-28-29-15-7-4-8-16-29)42(37)32-23-21-31(22-24-32)30-17-9-5-10-18-30;;/h4-5,7-12,15-24,35H,6,13-14,25-28H2,1-3H3,(H,38,43);2*1H. The first-order valence-electron chi connectivity index (χ1n) is 15.3. The molecule has 238 valence electrons. The van der Waals surface area contributed by atoms with Crippen molar-refractivity contribution in [2.24, 2.45) is 4.99 Å². The summed E-state index contributed by atoms with van der Waals surface area (Å²) in [5.74, 6) is 0.891. The second kappa shape index (κ2) is 17.6. The molecule has 1 heterocycles. The Balaban J connectivity index is 0.00000276. The van der Waals surface area contributed by atoms with Gasteiger partial charge in [0.15, 0.2) is 0 Å². The maximum atomic E-state index is 13.5. The van der Waals surface area contributed by atoms with Crippen LogP contribution in [0.25, 0.3) is 11.1 Å². The van der Waals surface area contributed by atoms with Gasteiger partial charge in [-0.15, -0.1) is 24.8 Å². The van der Waals surface area contributed by atoms with E-state index in [1.54, 1.807) is 0 Å². The van der Waals surface area contributed by atoms with Crippen LogP contribution >= 0.6 is 24.8 Å². The Bertz CT molecular complexity index is 1500. The number of nitrogens with one attached hydrogen (secondary N) is 1. The predicted octanol–water partition coefficient (Wildman–Crippen LogP) is 8.12. The SMILES string of the molecule is CN(C)CCCCCN(C)C1=Nc2ccccc2C(CC(=O)NCc2ccccc2)N1c1ccc(-c2ccccc2)cc1.Cl.Cl. The molecule has 6 nitrogen and oxygen atoms in total. The van der Waals surface area contributed by atoms with Crippen molar-refractivity contribution in [2.45, 2.75) is 38.3 Å². The van der Waals surface area contributed by atoms with Crippen molar-refractivity contribution >= 4 is 48.1 Å². The van der Waals surface area contributed by atoms with Crippen LogP contribution in [0.2, 0.25) is 0 Å². The van der Waals surface area contributed by atoms with Gasteiger partial charge in [0.2, 0.25) is 11.9 Å². The maximum absolute atomic E-state index is 13.5. The summed E-state index contributed by atoms with van der Waals surface area (Å²) in [6.07, 6.45) is 3.72. The largest absolute Gasteiger partial charge is 0.352 e. The van der Waals surface area contributed by atoms with Crippen LogP contribution < -0.4 is 10.2 Å². The number of benzene rings is 4. The third-order valence-electron chi connectivity index (χ3n) is 7.95. The van der Waals surface area contributed by atoms with E-state index < -0.39 is 0 Å². The number of carbonyl (C=O) groups excluding carboxylic acids is 1. The van der Waals surface area contributed by atoms with Gasteiger partial charge in [-0.3, -0.25) is 4.79 Å². The summed E-state index contributed by atoms with van der Waals surface area (Å²) in [6, 6.07) is 37.2. The van der Waals surface area contributed by atoms with E-state index in [-0.39, 0.29) is 36.8 Å². The van der Waals surface area contributed by atoms with Crippen molar-refractivity contribution in [1.82, 2.24) is 15.1 Å². The first-order valence-corrected chi connectivity index (χ1v) is 15.3. The normalized spacial score (nSPS) is 13.6. The van der Waals surface area contributed by atoms with E-state index in [4.69, 9.17) is 4.99 Å². The molecule has 1 N–H and O–H groups in total. The molecule has 0 bridgehead atoms. The van der Waals surface area contributed by atoms with Crippen molar-refractivity contribution in [2.75, 3.05) is 39.1 Å². The molecule has 45 heavy (non-hydrogen) atoms. The average molecular weight is 647 g/mol. The van der Waals surface area contributed by atoms with E-state index in [2.05, 4.69) is 102 Å². The lowest BCUT2D eigenvalue weighted by Gasteiger charge is -2.41. The lowest BCUT2D eigenvalue weighted by Crippen LogP contribution is -2.47. The minimum absolute atomic E-state index is 0. The molecule has 0 spiro atoms. The van der Waals surface area contributed by atoms with Crippen molar-refractivity contribution in [1.29, 1.82) is 0 Å². The molecule has 0 saturated carbocycles. The minimum atomic E-state index is -0.196. The maximum Gasteiger partial charge on any atom is 0.222 e. The Morgan fingerprint density at radius 1 is 0.733 bits per heavy atom. The highest BCUT2D eigenvalue weighted by molar-refractivity contribution is 6.01. The van der Waals surface area contributed by atoms with Crippen molar-refractivity contribution < 1.29 is 4.79 Å². The number of carbonyl (C=O) groups is 1. The van der Waals surface area contributed by atoms with Gasteiger partial charge in [-0.2, -0.15) is 0 Å². The fraction of sp³-hybridized carbons (Fsp3) is 0.297.